The normalized spacial score (nSPS) is 16.4. The van der Waals surface area contributed by atoms with Gasteiger partial charge >= 0.3 is 0 Å². The largest absolute Gasteiger partial charge is 0.355 e. The number of anilines is 1. The summed E-state index contributed by atoms with van der Waals surface area (Å²) < 4.78 is 4.51. The minimum Gasteiger partial charge on any atom is -0.355 e. The molecular formula is C22H24ClN5OS. The molecule has 4 rings (SSSR count). The third-order valence-corrected chi connectivity index (χ3v) is 6.27. The maximum Gasteiger partial charge on any atom is 0.224 e. The highest BCUT2D eigenvalue weighted by Crippen LogP contribution is 2.25. The summed E-state index contributed by atoms with van der Waals surface area (Å²) in [5.41, 5.74) is 2.12. The number of hydrogen-bond acceptors (Lipinski definition) is 6. The number of carbonyl (C=O) groups excluding carboxylic acids is 1. The second kappa shape index (κ2) is 10.00. The molecule has 6 nitrogen and oxygen atoms in total. The first-order chi connectivity index (χ1) is 14.7. The zero-order valence-electron chi connectivity index (χ0n) is 16.6. The summed E-state index contributed by atoms with van der Waals surface area (Å²) in [6.45, 7) is 2.20. The van der Waals surface area contributed by atoms with E-state index in [1.54, 1.807) is 6.20 Å². The minimum absolute atomic E-state index is 0.0221. The Morgan fingerprint density at radius 1 is 1.23 bits per heavy atom. The molecule has 1 amide bonds. The number of hydrogen-bond donors (Lipinski definition) is 1. The Balaban J connectivity index is 1.29. The van der Waals surface area contributed by atoms with Crippen molar-refractivity contribution < 1.29 is 4.79 Å². The van der Waals surface area contributed by atoms with Gasteiger partial charge in [0.05, 0.1) is 5.92 Å². The van der Waals surface area contributed by atoms with Crippen LogP contribution in [0.1, 0.15) is 29.9 Å². The summed E-state index contributed by atoms with van der Waals surface area (Å²) >= 11 is 7.36. The van der Waals surface area contributed by atoms with Gasteiger partial charge in [-0.1, -0.05) is 29.8 Å². The average molecular weight is 442 g/mol. The molecule has 1 unspecified atom stereocenters. The van der Waals surface area contributed by atoms with E-state index in [2.05, 4.69) is 19.6 Å². The van der Waals surface area contributed by atoms with Crippen LogP contribution >= 0.6 is 23.1 Å². The van der Waals surface area contributed by atoms with E-state index in [1.165, 1.54) is 11.5 Å². The Kier molecular flexibility index (Phi) is 6.92. The summed E-state index contributed by atoms with van der Waals surface area (Å²) in [5, 5.41) is 4.69. The molecule has 3 heterocycles. The summed E-state index contributed by atoms with van der Waals surface area (Å²) in [6.07, 6.45) is 5.08. The smallest absolute Gasteiger partial charge is 0.224 e. The first kappa shape index (κ1) is 20.8. The number of pyridine rings is 1. The third-order valence-electron chi connectivity index (χ3n) is 5.20. The lowest BCUT2D eigenvalue weighted by Crippen LogP contribution is -2.43. The van der Waals surface area contributed by atoms with Crippen molar-refractivity contribution in [3.05, 3.63) is 70.8 Å². The van der Waals surface area contributed by atoms with Crippen LogP contribution in [0, 0.1) is 5.92 Å². The van der Waals surface area contributed by atoms with Gasteiger partial charge in [0.2, 0.25) is 11.0 Å². The van der Waals surface area contributed by atoms with Crippen molar-refractivity contribution in [1.82, 2.24) is 19.7 Å². The third kappa shape index (κ3) is 5.55. The van der Waals surface area contributed by atoms with Crippen LogP contribution in [0.5, 0.6) is 0 Å². The number of aromatic nitrogens is 3. The van der Waals surface area contributed by atoms with E-state index in [4.69, 9.17) is 16.6 Å². The zero-order valence-corrected chi connectivity index (χ0v) is 18.2. The number of nitrogens with zero attached hydrogens (tertiary/aromatic N) is 4. The molecule has 1 aromatic carbocycles. The Morgan fingerprint density at radius 3 is 2.90 bits per heavy atom. The van der Waals surface area contributed by atoms with Crippen molar-refractivity contribution in [2.75, 3.05) is 24.5 Å². The van der Waals surface area contributed by atoms with Crippen LogP contribution in [0.4, 0.5) is 5.13 Å². The van der Waals surface area contributed by atoms with E-state index in [0.717, 1.165) is 53.0 Å². The first-order valence-corrected chi connectivity index (χ1v) is 11.3. The van der Waals surface area contributed by atoms with E-state index >= 15 is 0 Å². The molecule has 1 fully saturated rings. The van der Waals surface area contributed by atoms with Crippen molar-refractivity contribution in [3.8, 4) is 0 Å². The van der Waals surface area contributed by atoms with Crippen molar-refractivity contribution in [2.45, 2.75) is 25.7 Å². The standard InChI is InChI=1S/C22H24ClN5OS/c23-18-8-6-16(7-9-18)14-20-26-22(30-27-20)28-13-3-4-17(15-28)21(29)25-12-10-19-5-1-2-11-24-19/h1-2,5-9,11,17H,3-4,10,12-15H2,(H,25,29). The predicted octanol–water partition coefficient (Wildman–Crippen LogP) is 3.75. The Bertz CT molecular complexity index is 963. The average Bonchev–Trinajstić information content (AvgIpc) is 3.25. The molecule has 1 saturated heterocycles. The van der Waals surface area contributed by atoms with Crippen LogP contribution in [0.2, 0.25) is 5.02 Å². The van der Waals surface area contributed by atoms with Gasteiger partial charge in [-0.25, -0.2) is 4.98 Å². The Labute approximate surface area is 185 Å². The molecule has 1 atom stereocenters. The number of benzene rings is 1. The second-order valence-electron chi connectivity index (χ2n) is 7.44. The van der Waals surface area contributed by atoms with Gasteiger partial charge in [0.1, 0.15) is 5.82 Å². The minimum atomic E-state index is -0.0221. The molecule has 156 valence electrons. The van der Waals surface area contributed by atoms with E-state index in [-0.39, 0.29) is 11.8 Å². The van der Waals surface area contributed by atoms with Gasteiger partial charge in [-0.3, -0.25) is 9.78 Å². The monoisotopic (exact) mass is 441 g/mol. The van der Waals surface area contributed by atoms with Crippen LogP contribution < -0.4 is 10.2 Å². The molecule has 3 aromatic rings. The van der Waals surface area contributed by atoms with Crippen molar-refractivity contribution >= 4 is 34.2 Å². The number of nitrogens with one attached hydrogen (secondary N) is 1. The number of carbonyl (C=O) groups is 1. The molecule has 8 heteroatoms. The van der Waals surface area contributed by atoms with E-state index < -0.39 is 0 Å². The fourth-order valence-corrected chi connectivity index (χ4v) is 4.44. The van der Waals surface area contributed by atoms with Crippen molar-refractivity contribution in [1.29, 1.82) is 0 Å². The van der Waals surface area contributed by atoms with Crippen molar-refractivity contribution in [2.24, 2.45) is 5.92 Å². The summed E-state index contributed by atoms with van der Waals surface area (Å²) in [6, 6.07) is 13.6. The highest BCUT2D eigenvalue weighted by Gasteiger charge is 2.27. The molecule has 0 aliphatic carbocycles. The summed E-state index contributed by atoms with van der Waals surface area (Å²) in [4.78, 5) is 23.8. The van der Waals surface area contributed by atoms with Gasteiger partial charge in [-0.05, 0) is 42.7 Å². The first-order valence-electron chi connectivity index (χ1n) is 10.2. The second-order valence-corrected chi connectivity index (χ2v) is 8.61. The van der Waals surface area contributed by atoms with Crippen LogP contribution in [0.15, 0.2) is 48.7 Å². The number of halogens is 1. The molecule has 1 aliphatic rings. The Hall–Kier alpha value is -2.51. The van der Waals surface area contributed by atoms with Crippen LogP contribution in [0.3, 0.4) is 0 Å². The predicted molar refractivity (Wildman–Crippen MR) is 120 cm³/mol. The molecular weight excluding hydrogens is 418 g/mol. The fraction of sp³-hybridized carbons (Fsp3) is 0.364. The summed E-state index contributed by atoms with van der Waals surface area (Å²) in [7, 11) is 0. The van der Waals surface area contributed by atoms with Gasteiger partial charge in [0.15, 0.2) is 0 Å². The zero-order chi connectivity index (χ0) is 20.8. The summed E-state index contributed by atoms with van der Waals surface area (Å²) in [5.74, 6) is 0.895. The SMILES string of the molecule is O=C(NCCc1ccccn1)C1CCCN(c2nc(Cc3ccc(Cl)cc3)ns2)C1. The van der Waals surface area contributed by atoms with E-state index in [9.17, 15) is 4.79 Å². The van der Waals surface area contributed by atoms with Crippen molar-refractivity contribution in [3.63, 3.8) is 0 Å². The quantitative estimate of drug-likeness (QED) is 0.604. The number of amides is 1. The number of rotatable bonds is 7. The van der Waals surface area contributed by atoms with E-state index in [0.29, 0.717) is 19.5 Å². The molecule has 1 N–H and O–H groups in total. The molecule has 0 bridgehead atoms. The van der Waals surface area contributed by atoms with Gasteiger partial charge in [0, 0.05) is 60.9 Å². The maximum absolute atomic E-state index is 12.6. The number of piperidine rings is 1. The van der Waals surface area contributed by atoms with Gasteiger partial charge < -0.3 is 10.2 Å². The highest BCUT2D eigenvalue weighted by atomic mass is 35.5. The van der Waals surface area contributed by atoms with Crippen LogP contribution in [-0.2, 0) is 17.6 Å². The molecule has 0 saturated carbocycles. The van der Waals surface area contributed by atoms with Crippen LogP contribution in [-0.4, -0.2) is 39.9 Å². The molecule has 1 aliphatic heterocycles. The molecule has 30 heavy (non-hydrogen) atoms. The van der Waals surface area contributed by atoms with Crippen LogP contribution in [0.25, 0.3) is 0 Å². The molecule has 0 spiro atoms. The lowest BCUT2D eigenvalue weighted by Gasteiger charge is -2.31. The molecule has 0 radical (unpaired) electrons. The van der Waals surface area contributed by atoms with E-state index in [1.807, 2.05) is 42.5 Å². The van der Waals surface area contributed by atoms with Gasteiger partial charge in [-0.2, -0.15) is 4.37 Å². The lowest BCUT2D eigenvalue weighted by molar-refractivity contribution is -0.125. The fourth-order valence-electron chi connectivity index (χ4n) is 3.60. The maximum atomic E-state index is 12.6. The highest BCUT2D eigenvalue weighted by molar-refractivity contribution is 7.09. The lowest BCUT2D eigenvalue weighted by atomic mass is 9.97. The van der Waals surface area contributed by atoms with Gasteiger partial charge in [0.25, 0.3) is 0 Å². The molecule has 2 aromatic heterocycles. The Morgan fingerprint density at radius 2 is 2.10 bits per heavy atom. The van der Waals surface area contributed by atoms with Gasteiger partial charge in [-0.15, -0.1) is 0 Å². The topological polar surface area (TPSA) is 71.0 Å².